The van der Waals surface area contributed by atoms with E-state index in [1.165, 1.54) is 12.3 Å². The van der Waals surface area contributed by atoms with Crippen LogP contribution in [0.15, 0.2) is 22.8 Å². The number of aromatic hydroxyl groups is 1. The number of fused-ring (bicyclic) bond motifs is 1. The molecule has 0 saturated carbocycles. The molecule has 0 bridgehead atoms. The number of nitrogen functional groups attached to an aromatic ring is 1. The molecule has 2 aromatic rings. The summed E-state index contributed by atoms with van der Waals surface area (Å²) in [5.41, 5.74) is 5.70. The Morgan fingerprint density at radius 1 is 1.57 bits per heavy atom. The van der Waals surface area contributed by atoms with Crippen LogP contribution in [0.3, 0.4) is 0 Å². The van der Waals surface area contributed by atoms with Crippen LogP contribution in [-0.4, -0.2) is 10.9 Å². The monoisotopic (exact) mass is 210 g/mol. The van der Waals surface area contributed by atoms with E-state index < -0.39 is 0 Å². The zero-order valence-electron chi connectivity index (χ0n) is 7.04. The molecule has 14 heavy (non-hydrogen) atoms. The molecule has 0 spiro atoms. The SMILES string of the molecule is N=C(N)c1cc(Cl)c2ccoc2c1O. The van der Waals surface area contributed by atoms with Crippen molar-refractivity contribution in [1.82, 2.24) is 0 Å². The van der Waals surface area contributed by atoms with Gasteiger partial charge in [-0.25, -0.2) is 0 Å². The van der Waals surface area contributed by atoms with Gasteiger partial charge < -0.3 is 15.3 Å². The summed E-state index contributed by atoms with van der Waals surface area (Å²) in [6.07, 6.45) is 1.42. The first-order valence-corrected chi connectivity index (χ1v) is 4.22. The molecule has 0 radical (unpaired) electrons. The van der Waals surface area contributed by atoms with Gasteiger partial charge in [0.25, 0.3) is 0 Å². The molecular weight excluding hydrogens is 204 g/mol. The minimum atomic E-state index is -0.247. The molecule has 0 atom stereocenters. The number of furan rings is 1. The third-order valence-corrected chi connectivity index (χ3v) is 2.27. The molecular formula is C9H7ClN2O2. The highest BCUT2D eigenvalue weighted by Crippen LogP contribution is 2.34. The maximum absolute atomic E-state index is 9.66. The first kappa shape index (κ1) is 8.90. The van der Waals surface area contributed by atoms with Crippen LogP contribution in [-0.2, 0) is 0 Å². The summed E-state index contributed by atoms with van der Waals surface area (Å²) in [5, 5.41) is 17.9. The van der Waals surface area contributed by atoms with Crippen molar-refractivity contribution in [2.24, 2.45) is 5.73 Å². The highest BCUT2D eigenvalue weighted by molar-refractivity contribution is 6.36. The Morgan fingerprint density at radius 3 is 2.93 bits per heavy atom. The number of amidine groups is 1. The lowest BCUT2D eigenvalue weighted by Crippen LogP contribution is -2.11. The Balaban J connectivity index is 2.88. The summed E-state index contributed by atoms with van der Waals surface area (Å²) in [6.45, 7) is 0. The smallest absolute Gasteiger partial charge is 0.177 e. The van der Waals surface area contributed by atoms with Crippen LogP contribution in [0.5, 0.6) is 5.75 Å². The summed E-state index contributed by atoms with van der Waals surface area (Å²) in [7, 11) is 0. The van der Waals surface area contributed by atoms with Crippen LogP contribution in [0.25, 0.3) is 11.0 Å². The van der Waals surface area contributed by atoms with Gasteiger partial charge in [-0.3, -0.25) is 5.41 Å². The molecule has 0 aliphatic heterocycles. The van der Waals surface area contributed by atoms with Crippen molar-refractivity contribution < 1.29 is 9.52 Å². The van der Waals surface area contributed by atoms with E-state index in [4.69, 9.17) is 27.2 Å². The molecule has 0 fully saturated rings. The topological polar surface area (TPSA) is 83.2 Å². The van der Waals surface area contributed by atoms with Crippen molar-refractivity contribution in [3.63, 3.8) is 0 Å². The van der Waals surface area contributed by atoms with Crippen LogP contribution >= 0.6 is 11.6 Å². The van der Waals surface area contributed by atoms with E-state index in [0.717, 1.165) is 0 Å². The quantitative estimate of drug-likeness (QED) is 0.498. The van der Waals surface area contributed by atoms with Crippen LogP contribution in [0.1, 0.15) is 5.56 Å². The number of nitrogens with one attached hydrogen (secondary N) is 1. The van der Waals surface area contributed by atoms with Gasteiger partial charge in [-0.05, 0) is 12.1 Å². The van der Waals surface area contributed by atoms with E-state index in [-0.39, 0.29) is 22.7 Å². The maximum atomic E-state index is 9.66. The summed E-state index contributed by atoms with van der Waals surface area (Å²) in [4.78, 5) is 0. The molecule has 2 rings (SSSR count). The first-order valence-electron chi connectivity index (χ1n) is 3.84. The Morgan fingerprint density at radius 2 is 2.29 bits per heavy atom. The fraction of sp³-hybridized carbons (Fsp3) is 0. The summed E-state index contributed by atoms with van der Waals surface area (Å²) in [6, 6.07) is 3.08. The van der Waals surface area contributed by atoms with E-state index in [9.17, 15) is 5.11 Å². The highest BCUT2D eigenvalue weighted by atomic mass is 35.5. The van der Waals surface area contributed by atoms with E-state index >= 15 is 0 Å². The minimum Gasteiger partial charge on any atom is -0.504 e. The van der Waals surface area contributed by atoms with Crippen LogP contribution in [0, 0.1) is 5.41 Å². The number of halogens is 1. The van der Waals surface area contributed by atoms with Gasteiger partial charge in [0.2, 0.25) is 0 Å². The molecule has 0 unspecified atom stereocenters. The molecule has 72 valence electrons. The van der Waals surface area contributed by atoms with Gasteiger partial charge in [-0.1, -0.05) is 11.6 Å². The van der Waals surface area contributed by atoms with Gasteiger partial charge in [0, 0.05) is 5.39 Å². The van der Waals surface area contributed by atoms with Gasteiger partial charge in [-0.15, -0.1) is 0 Å². The maximum Gasteiger partial charge on any atom is 0.177 e. The fourth-order valence-electron chi connectivity index (χ4n) is 1.28. The molecule has 0 amide bonds. The number of nitrogens with two attached hydrogens (primary N) is 1. The molecule has 4 nitrogen and oxygen atoms in total. The van der Waals surface area contributed by atoms with Crippen molar-refractivity contribution >= 4 is 28.4 Å². The summed E-state index contributed by atoms with van der Waals surface area (Å²) in [5.74, 6) is -0.399. The molecule has 0 aliphatic carbocycles. The molecule has 5 heteroatoms. The second kappa shape index (κ2) is 2.92. The molecule has 1 aromatic heterocycles. The molecule has 0 saturated heterocycles. The number of phenols is 1. The second-order valence-corrected chi connectivity index (χ2v) is 3.24. The van der Waals surface area contributed by atoms with Gasteiger partial charge in [0.05, 0.1) is 16.8 Å². The van der Waals surface area contributed by atoms with Crippen LogP contribution < -0.4 is 5.73 Å². The normalized spacial score (nSPS) is 10.6. The van der Waals surface area contributed by atoms with E-state index in [1.807, 2.05) is 0 Å². The van der Waals surface area contributed by atoms with E-state index in [0.29, 0.717) is 10.4 Å². The van der Waals surface area contributed by atoms with Gasteiger partial charge in [0.15, 0.2) is 11.3 Å². The largest absolute Gasteiger partial charge is 0.504 e. The highest BCUT2D eigenvalue weighted by Gasteiger charge is 2.14. The lowest BCUT2D eigenvalue weighted by molar-refractivity contribution is 0.464. The number of hydrogen-bond acceptors (Lipinski definition) is 3. The van der Waals surface area contributed by atoms with Crippen molar-refractivity contribution in [2.45, 2.75) is 0 Å². The molecule has 1 heterocycles. The van der Waals surface area contributed by atoms with Crippen molar-refractivity contribution in [2.75, 3.05) is 0 Å². The molecule has 4 N–H and O–H groups in total. The van der Waals surface area contributed by atoms with Crippen molar-refractivity contribution in [3.05, 3.63) is 29.0 Å². The van der Waals surface area contributed by atoms with Crippen molar-refractivity contribution in [1.29, 1.82) is 5.41 Å². The Labute approximate surface area is 84.4 Å². The summed E-state index contributed by atoms with van der Waals surface area (Å²) < 4.78 is 5.03. The number of rotatable bonds is 1. The predicted octanol–water partition coefficient (Wildman–Crippen LogP) is 2.08. The Kier molecular flexibility index (Phi) is 1.86. The second-order valence-electron chi connectivity index (χ2n) is 2.83. The lowest BCUT2D eigenvalue weighted by atomic mass is 10.1. The third-order valence-electron chi connectivity index (χ3n) is 1.95. The predicted molar refractivity (Wildman–Crippen MR) is 53.9 cm³/mol. The minimum absolute atomic E-state index is 0.151. The van der Waals surface area contributed by atoms with Gasteiger partial charge in [-0.2, -0.15) is 0 Å². The van der Waals surface area contributed by atoms with Crippen LogP contribution in [0.4, 0.5) is 0 Å². The molecule has 1 aromatic carbocycles. The number of hydrogen-bond donors (Lipinski definition) is 3. The van der Waals surface area contributed by atoms with Crippen molar-refractivity contribution in [3.8, 4) is 5.75 Å². The zero-order valence-corrected chi connectivity index (χ0v) is 7.80. The van der Waals surface area contributed by atoms with E-state index in [1.54, 1.807) is 6.07 Å². The average molecular weight is 211 g/mol. The van der Waals surface area contributed by atoms with E-state index in [2.05, 4.69) is 0 Å². The van der Waals surface area contributed by atoms with Gasteiger partial charge >= 0.3 is 0 Å². The Bertz CT molecular complexity index is 519. The average Bonchev–Trinajstić information content (AvgIpc) is 2.59. The number of benzene rings is 1. The fourth-order valence-corrected chi connectivity index (χ4v) is 1.54. The number of phenolic OH excluding ortho intramolecular Hbond substituents is 1. The Hall–Kier alpha value is -1.68. The van der Waals surface area contributed by atoms with Crippen LogP contribution in [0.2, 0.25) is 5.02 Å². The van der Waals surface area contributed by atoms with Gasteiger partial charge in [0.1, 0.15) is 5.84 Å². The zero-order chi connectivity index (χ0) is 10.3. The lowest BCUT2D eigenvalue weighted by Gasteiger charge is -2.03. The first-order chi connectivity index (χ1) is 6.61. The standard InChI is InChI=1S/C9H7ClN2O2/c10-6-3-5(9(11)12)7(13)8-4(6)1-2-14-8/h1-3,13H,(H3,11,12). The molecule has 0 aliphatic rings. The summed E-state index contributed by atoms with van der Waals surface area (Å²) >= 11 is 5.90. The third kappa shape index (κ3) is 1.12.